The Bertz CT molecular complexity index is 198. The lowest BCUT2D eigenvalue weighted by atomic mass is 9.85. The van der Waals surface area contributed by atoms with Crippen LogP contribution in [0.1, 0.15) is 38.5 Å². The van der Waals surface area contributed by atoms with Crippen molar-refractivity contribution >= 4 is 5.97 Å². The van der Waals surface area contributed by atoms with Crippen LogP contribution in [0.4, 0.5) is 8.78 Å². The fraction of sp³-hybridized carbons (Fsp3) is 0.900. The molecule has 82 valence electrons. The molecule has 0 N–H and O–H groups in total. The molecule has 1 rings (SSSR count). The molecule has 0 amide bonds. The van der Waals surface area contributed by atoms with Crippen LogP contribution in [0.5, 0.6) is 0 Å². The maximum absolute atomic E-state index is 13.1. The molecule has 0 aliphatic heterocycles. The van der Waals surface area contributed by atoms with Gasteiger partial charge >= 0.3 is 11.9 Å². The standard InChI is InChI=1S/C10H16F2O2/c1-14-9(13)10(11,12)7-8-5-3-2-4-6-8/h8H,2-7H2,1H3. The predicted octanol–water partition coefficient (Wildman–Crippen LogP) is 2.77. The van der Waals surface area contributed by atoms with Crippen LogP contribution in [0, 0.1) is 5.92 Å². The molecule has 4 heteroatoms. The van der Waals surface area contributed by atoms with Crippen molar-refractivity contribution < 1.29 is 18.3 Å². The first-order valence-electron chi connectivity index (χ1n) is 5.02. The number of alkyl halides is 2. The zero-order valence-corrected chi connectivity index (χ0v) is 8.39. The van der Waals surface area contributed by atoms with E-state index in [0.29, 0.717) is 0 Å². The van der Waals surface area contributed by atoms with Gasteiger partial charge in [-0.2, -0.15) is 8.78 Å². The first kappa shape index (κ1) is 11.4. The summed E-state index contributed by atoms with van der Waals surface area (Å²) in [5.74, 6) is -4.71. The highest BCUT2D eigenvalue weighted by Gasteiger charge is 2.42. The summed E-state index contributed by atoms with van der Waals surface area (Å²) in [6.45, 7) is 0. The summed E-state index contributed by atoms with van der Waals surface area (Å²) in [7, 11) is 0.997. The van der Waals surface area contributed by atoms with Crippen molar-refractivity contribution in [3.63, 3.8) is 0 Å². The van der Waals surface area contributed by atoms with E-state index in [0.717, 1.165) is 39.2 Å². The van der Waals surface area contributed by atoms with Gasteiger partial charge in [0.05, 0.1) is 7.11 Å². The second kappa shape index (κ2) is 4.71. The van der Waals surface area contributed by atoms with Gasteiger partial charge < -0.3 is 4.74 Å². The number of carbonyl (C=O) groups excluding carboxylic acids is 1. The van der Waals surface area contributed by atoms with Crippen LogP contribution in [0.25, 0.3) is 0 Å². The van der Waals surface area contributed by atoms with Crippen molar-refractivity contribution in [3.05, 3.63) is 0 Å². The number of esters is 1. The molecular formula is C10H16F2O2. The third-order valence-electron chi connectivity index (χ3n) is 2.75. The van der Waals surface area contributed by atoms with Gasteiger partial charge in [-0.05, 0) is 5.92 Å². The molecule has 1 fully saturated rings. The largest absolute Gasteiger partial charge is 0.465 e. The average Bonchev–Trinajstić information content (AvgIpc) is 2.17. The molecule has 0 spiro atoms. The van der Waals surface area contributed by atoms with Crippen molar-refractivity contribution in [1.29, 1.82) is 0 Å². The van der Waals surface area contributed by atoms with E-state index < -0.39 is 11.9 Å². The maximum Gasteiger partial charge on any atom is 0.376 e. The highest BCUT2D eigenvalue weighted by atomic mass is 19.3. The normalized spacial score (nSPS) is 19.4. The van der Waals surface area contributed by atoms with Gasteiger partial charge in [0.25, 0.3) is 0 Å². The number of hydrogen-bond acceptors (Lipinski definition) is 2. The van der Waals surface area contributed by atoms with Crippen LogP contribution in [-0.4, -0.2) is 19.0 Å². The monoisotopic (exact) mass is 206 g/mol. The summed E-state index contributed by atoms with van der Waals surface area (Å²) < 4.78 is 30.3. The van der Waals surface area contributed by atoms with Crippen LogP contribution in [-0.2, 0) is 9.53 Å². The fourth-order valence-electron chi connectivity index (χ4n) is 1.99. The van der Waals surface area contributed by atoms with Gasteiger partial charge in [-0.3, -0.25) is 0 Å². The summed E-state index contributed by atoms with van der Waals surface area (Å²) in [5, 5.41) is 0. The van der Waals surface area contributed by atoms with Crippen molar-refractivity contribution in [2.24, 2.45) is 5.92 Å². The molecule has 0 saturated heterocycles. The van der Waals surface area contributed by atoms with E-state index in [2.05, 4.69) is 4.74 Å². The molecule has 0 radical (unpaired) electrons. The molecular weight excluding hydrogens is 190 g/mol. The highest BCUT2D eigenvalue weighted by molar-refractivity contribution is 5.77. The van der Waals surface area contributed by atoms with E-state index in [-0.39, 0.29) is 12.3 Å². The second-order valence-corrected chi connectivity index (χ2v) is 3.90. The second-order valence-electron chi connectivity index (χ2n) is 3.90. The van der Waals surface area contributed by atoms with Crippen molar-refractivity contribution in [3.8, 4) is 0 Å². The molecule has 0 bridgehead atoms. The van der Waals surface area contributed by atoms with Gasteiger partial charge in [-0.1, -0.05) is 32.1 Å². The average molecular weight is 206 g/mol. The zero-order valence-electron chi connectivity index (χ0n) is 8.39. The molecule has 14 heavy (non-hydrogen) atoms. The Morgan fingerprint density at radius 3 is 2.43 bits per heavy atom. The van der Waals surface area contributed by atoms with E-state index >= 15 is 0 Å². The van der Waals surface area contributed by atoms with Gasteiger partial charge in [0.15, 0.2) is 0 Å². The third-order valence-corrected chi connectivity index (χ3v) is 2.75. The highest BCUT2D eigenvalue weighted by Crippen LogP contribution is 2.33. The van der Waals surface area contributed by atoms with Crippen LogP contribution >= 0.6 is 0 Å². The quantitative estimate of drug-likeness (QED) is 0.664. The lowest BCUT2D eigenvalue weighted by Crippen LogP contribution is -2.32. The predicted molar refractivity (Wildman–Crippen MR) is 48.2 cm³/mol. The molecule has 1 aliphatic rings. The molecule has 0 aromatic heterocycles. The third kappa shape index (κ3) is 2.93. The summed E-state index contributed by atoms with van der Waals surface area (Å²) >= 11 is 0. The topological polar surface area (TPSA) is 26.3 Å². The molecule has 1 saturated carbocycles. The lowest BCUT2D eigenvalue weighted by Gasteiger charge is -2.24. The van der Waals surface area contributed by atoms with E-state index in [1.165, 1.54) is 0 Å². The first-order chi connectivity index (χ1) is 6.56. The number of rotatable bonds is 3. The number of hydrogen-bond donors (Lipinski definition) is 0. The molecule has 0 aromatic rings. The number of halogens is 2. The van der Waals surface area contributed by atoms with Crippen molar-refractivity contribution in [1.82, 2.24) is 0 Å². The van der Waals surface area contributed by atoms with E-state index in [1.54, 1.807) is 0 Å². The van der Waals surface area contributed by atoms with Gasteiger partial charge in [-0.25, -0.2) is 4.79 Å². The smallest absolute Gasteiger partial charge is 0.376 e. The Kier molecular flexibility index (Phi) is 3.84. The molecule has 1 aliphatic carbocycles. The summed E-state index contributed by atoms with van der Waals surface area (Å²) in [5.41, 5.74) is 0. The Hall–Kier alpha value is -0.670. The number of methoxy groups -OCH3 is 1. The molecule has 0 aromatic carbocycles. The molecule has 0 unspecified atom stereocenters. The maximum atomic E-state index is 13.1. The van der Waals surface area contributed by atoms with Crippen LogP contribution in [0.3, 0.4) is 0 Å². The lowest BCUT2D eigenvalue weighted by molar-refractivity contribution is -0.171. The minimum absolute atomic E-state index is 0.0159. The number of carbonyl (C=O) groups is 1. The Balaban J connectivity index is 2.44. The zero-order chi connectivity index (χ0) is 10.6. The van der Waals surface area contributed by atoms with E-state index in [9.17, 15) is 13.6 Å². The molecule has 2 nitrogen and oxygen atoms in total. The van der Waals surface area contributed by atoms with Crippen LogP contribution < -0.4 is 0 Å². The minimum atomic E-state index is -3.29. The minimum Gasteiger partial charge on any atom is -0.465 e. The van der Waals surface area contributed by atoms with Crippen molar-refractivity contribution in [2.45, 2.75) is 44.4 Å². The van der Waals surface area contributed by atoms with Gasteiger partial charge in [0.2, 0.25) is 0 Å². The van der Waals surface area contributed by atoms with E-state index in [4.69, 9.17) is 0 Å². The fourth-order valence-corrected chi connectivity index (χ4v) is 1.99. The van der Waals surface area contributed by atoms with Gasteiger partial charge in [0.1, 0.15) is 0 Å². The van der Waals surface area contributed by atoms with E-state index in [1.807, 2.05) is 0 Å². The Morgan fingerprint density at radius 2 is 1.93 bits per heavy atom. The van der Waals surface area contributed by atoms with Crippen molar-refractivity contribution in [2.75, 3.05) is 7.11 Å². The Labute approximate surface area is 82.6 Å². The summed E-state index contributed by atoms with van der Waals surface area (Å²) in [6.07, 6.45) is 4.41. The summed E-state index contributed by atoms with van der Waals surface area (Å²) in [6, 6.07) is 0. The van der Waals surface area contributed by atoms with Gasteiger partial charge in [0, 0.05) is 6.42 Å². The molecule has 0 heterocycles. The first-order valence-corrected chi connectivity index (χ1v) is 5.02. The Morgan fingerprint density at radius 1 is 1.36 bits per heavy atom. The van der Waals surface area contributed by atoms with Crippen LogP contribution in [0.2, 0.25) is 0 Å². The molecule has 0 atom stereocenters. The van der Waals surface area contributed by atoms with Crippen LogP contribution in [0.15, 0.2) is 0 Å². The SMILES string of the molecule is COC(=O)C(F)(F)CC1CCCCC1. The van der Waals surface area contributed by atoms with Gasteiger partial charge in [-0.15, -0.1) is 0 Å². The summed E-state index contributed by atoms with van der Waals surface area (Å²) in [4.78, 5) is 10.7. The number of ether oxygens (including phenoxy) is 1.